The molecule has 1 fully saturated rings. The summed E-state index contributed by atoms with van der Waals surface area (Å²) in [6, 6.07) is 17.9. The largest absolute Gasteiger partial charge is 0.497 e. The molecular weight excluding hydrogens is 438 g/mol. The number of carbonyl (C=O) groups excluding carboxylic acids is 2. The van der Waals surface area contributed by atoms with Gasteiger partial charge in [-0.2, -0.15) is 0 Å². The molecule has 3 aliphatic rings. The lowest BCUT2D eigenvalue weighted by Gasteiger charge is -2.37. The number of ether oxygens (including phenoxy) is 2. The quantitative estimate of drug-likeness (QED) is 0.548. The molecule has 2 aromatic rings. The van der Waals surface area contributed by atoms with Crippen molar-refractivity contribution in [1.29, 1.82) is 0 Å². The second-order valence-electron chi connectivity index (χ2n) is 9.87. The number of benzene rings is 2. The number of methoxy groups -OCH3 is 1. The fourth-order valence-electron chi connectivity index (χ4n) is 5.82. The lowest BCUT2D eigenvalue weighted by Crippen LogP contribution is -2.37. The van der Waals surface area contributed by atoms with Gasteiger partial charge in [-0.15, -0.1) is 0 Å². The van der Waals surface area contributed by atoms with E-state index in [1.54, 1.807) is 7.11 Å². The number of dihydropyridines is 1. The molecule has 2 aliphatic carbocycles. The highest BCUT2D eigenvalue weighted by Crippen LogP contribution is 2.46. The molecule has 2 aromatic carbocycles. The highest BCUT2D eigenvalue weighted by molar-refractivity contribution is 6.04. The minimum absolute atomic E-state index is 0.0533. The van der Waals surface area contributed by atoms with Crippen LogP contribution < -0.4 is 10.1 Å². The van der Waals surface area contributed by atoms with Crippen molar-refractivity contribution in [2.24, 2.45) is 0 Å². The average Bonchev–Trinajstić information content (AvgIpc) is 2.88. The molecule has 182 valence electrons. The van der Waals surface area contributed by atoms with Crippen molar-refractivity contribution in [2.45, 2.75) is 69.8 Å². The molecule has 0 saturated heterocycles. The fourth-order valence-corrected chi connectivity index (χ4v) is 5.82. The van der Waals surface area contributed by atoms with Gasteiger partial charge in [0.05, 0.1) is 12.7 Å². The molecule has 2 unspecified atom stereocenters. The second kappa shape index (κ2) is 10.1. The van der Waals surface area contributed by atoms with Gasteiger partial charge in [0.25, 0.3) is 0 Å². The van der Waals surface area contributed by atoms with Gasteiger partial charge in [-0.05, 0) is 68.2 Å². The highest BCUT2D eigenvalue weighted by Gasteiger charge is 2.42. The Bertz CT molecular complexity index is 1170. The third-order valence-corrected chi connectivity index (χ3v) is 7.57. The molecule has 0 bridgehead atoms. The maximum Gasteiger partial charge on any atom is 0.337 e. The van der Waals surface area contributed by atoms with Crippen LogP contribution in [0.1, 0.15) is 74.8 Å². The van der Waals surface area contributed by atoms with Gasteiger partial charge in [0.15, 0.2) is 5.78 Å². The number of ketones is 1. The molecule has 1 heterocycles. The average molecular weight is 472 g/mol. The first-order chi connectivity index (χ1) is 17.0. The van der Waals surface area contributed by atoms with Gasteiger partial charge in [-0.1, -0.05) is 48.9 Å². The molecule has 0 spiro atoms. The van der Waals surface area contributed by atoms with E-state index in [1.807, 2.05) is 49.4 Å². The normalized spacial score (nSPS) is 23.0. The summed E-state index contributed by atoms with van der Waals surface area (Å²) >= 11 is 0. The number of nitrogens with one attached hydrogen (secondary N) is 1. The Hall–Kier alpha value is -3.34. The number of rotatable bonds is 5. The Morgan fingerprint density at radius 3 is 2.43 bits per heavy atom. The van der Waals surface area contributed by atoms with E-state index in [-0.39, 0.29) is 23.8 Å². The van der Waals surface area contributed by atoms with Gasteiger partial charge in [0.2, 0.25) is 0 Å². The Morgan fingerprint density at radius 1 is 0.943 bits per heavy atom. The standard InChI is InChI=1S/C30H33NO4/c1-19-27(30(33)35-23-13-7-4-8-14-23)28(21-12-9-15-24(16-21)34-2)29-25(31-19)17-22(18-26(29)32)20-10-5-3-6-11-20/h3,5-6,9-12,15-16,22-23,28,31H,4,7-8,13-14,17-18H2,1-2H3. The summed E-state index contributed by atoms with van der Waals surface area (Å²) in [6.07, 6.45) is 6.27. The third-order valence-electron chi connectivity index (χ3n) is 7.57. The topological polar surface area (TPSA) is 64.6 Å². The predicted octanol–water partition coefficient (Wildman–Crippen LogP) is 5.93. The number of carbonyl (C=O) groups is 2. The summed E-state index contributed by atoms with van der Waals surface area (Å²) in [4.78, 5) is 27.3. The Morgan fingerprint density at radius 2 is 1.69 bits per heavy atom. The number of hydrogen-bond donors (Lipinski definition) is 1. The molecule has 5 nitrogen and oxygen atoms in total. The molecule has 0 aromatic heterocycles. The Labute approximate surface area is 207 Å². The highest BCUT2D eigenvalue weighted by atomic mass is 16.5. The monoisotopic (exact) mass is 471 g/mol. The lowest BCUT2D eigenvalue weighted by molar-refractivity contribution is -0.146. The number of Topliss-reactive ketones (excluding diaryl/α,β-unsaturated/α-hetero) is 1. The van der Waals surface area contributed by atoms with Crippen LogP contribution in [0, 0.1) is 0 Å². The van der Waals surface area contributed by atoms with Crippen molar-refractivity contribution < 1.29 is 19.1 Å². The molecule has 2 atom stereocenters. The van der Waals surface area contributed by atoms with Crippen LogP contribution in [0.4, 0.5) is 0 Å². The van der Waals surface area contributed by atoms with Gasteiger partial charge < -0.3 is 14.8 Å². The molecule has 0 radical (unpaired) electrons. The Balaban J connectivity index is 1.54. The first-order valence-corrected chi connectivity index (χ1v) is 12.7. The van der Waals surface area contributed by atoms with Crippen LogP contribution in [0.3, 0.4) is 0 Å². The van der Waals surface area contributed by atoms with Gasteiger partial charge in [-0.25, -0.2) is 4.79 Å². The first kappa shape index (κ1) is 23.4. The molecule has 5 heteroatoms. The van der Waals surface area contributed by atoms with E-state index in [4.69, 9.17) is 9.47 Å². The number of hydrogen-bond acceptors (Lipinski definition) is 5. The van der Waals surface area contributed by atoms with Gasteiger partial charge in [0, 0.05) is 29.3 Å². The van der Waals surface area contributed by atoms with Crippen LogP contribution in [0.15, 0.2) is 77.1 Å². The van der Waals surface area contributed by atoms with Gasteiger partial charge in [0.1, 0.15) is 11.9 Å². The molecule has 0 amide bonds. The SMILES string of the molecule is COc1cccc(C2C(C(=O)OC3CCCCC3)=C(C)NC3=C2C(=O)CC(c2ccccc2)C3)c1. The Kier molecular flexibility index (Phi) is 6.76. The minimum atomic E-state index is -0.471. The first-order valence-electron chi connectivity index (χ1n) is 12.7. The summed E-state index contributed by atoms with van der Waals surface area (Å²) in [5.74, 6) is 0.104. The molecular formula is C30H33NO4. The van der Waals surface area contributed by atoms with Gasteiger partial charge >= 0.3 is 5.97 Å². The summed E-state index contributed by atoms with van der Waals surface area (Å²) in [5, 5.41) is 3.45. The number of allylic oxidation sites excluding steroid dienone is 3. The van der Waals surface area contributed by atoms with E-state index in [2.05, 4.69) is 17.4 Å². The van der Waals surface area contributed by atoms with Crippen LogP contribution in [0.25, 0.3) is 0 Å². The minimum Gasteiger partial charge on any atom is -0.497 e. The van der Waals surface area contributed by atoms with Crippen molar-refractivity contribution in [3.8, 4) is 5.75 Å². The fraction of sp³-hybridized carbons (Fsp3) is 0.400. The summed E-state index contributed by atoms with van der Waals surface area (Å²) in [7, 11) is 1.63. The zero-order valence-corrected chi connectivity index (χ0v) is 20.5. The van der Waals surface area contributed by atoms with Crippen LogP contribution in [0.2, 0.25) is 0 Å². The van der Waals surface area contributed by atoms with Crippen molar-refractivity contribution in [3.05, 3.63) is 88.3 Å². The van der Waals surface area contributed by atoms with Crippen LogP contribution in [0.5, 0.6) is 5.75 Å². The van der Waals surface area contributed by atoms with Crippen molar-refractivity contribution in [1.82, 2.24) is 5.32 Å². The molecule has 1 aliphatic heterocycles. The van der Waals surface area contributed by atoms with E-state index in [1.165, 1.54) is 6.42 Å². The smallest absolute Gasteiger partial charge is 0.337 e. The zero-order chi connectivity index (χ0) is 24.4. The summed E-state index contributed by atoms with van der Waals surface area (Å²) in [5.41, 5.74) is 4.94. The number of esters is 1. The van der Waals surface area contributed by atoms with Crippen molar-refractivity contribution in [3.63, 3.8) is 0 Å². The maximum absolute atomic E-state index is 13.7. The van der Waals surface area contributed by atoms with Crippen LogP contribution in [-0.4, -0.2) is 25.0 Å². The molecule has 1 saturated carbocycles. The van der Waals surface area contributed by atoms with E-state index in [9.17, 15) is 9.59 Å². The summed E-state index contributed by atoms with van der Waals surface area (Å²) < 4.78 is 11.5. The predicted molar refractivity (Wildman–Crippen MR) is 135 cm³/mol. The third kappa shape index (κ3) is 4.77. The van der Waals surface area contributed by atoms with Crippen LogP contribution >= 0.6 is 0 Å². The molecule has 1 N–H and O–H groups in total. The zero-order valence-electron chi connectivity index (χ0n) is 20.5. The van der Waals surface area contributed by atoms with Crippen molar-refractivity contribution >= 4 is 11.8 Å². The van der Waals surface area contributed by atoms with E-state index in [0.717, 1.165) is 54.6 Å². The summed E-state index contributed by atoms with van der Waals surface area (Å²) in [6.45, 7) is 1.92. The molecule has 5 rings (SSSR count). The van der Waals surface area contributed by atoms with Crippen molar-refractivity contribution in [2.75, 3.05) is 7.11 Å². The molecule has 35 heavy (non-hydrogen) atoms. The van der Waals surface area contributed by atoms with E-state index >= 15 is 0 Å². The second-order valence-corrected chi connectivity index (χ2v) is 9.87. The van der Waals surface area contributed by atoms with Gasteiger partial charge in [-0.3, -0.25) is 4.79 Å². The lowest BCUT2D eigenvalue weighted by atomic mass is 9.71. The van der Waals surface area contributed by atoms with Crippen LogP contribution in [-0.2, 0) is 14.3 Å². The maximum atomic E-state index is 13.7. The van der Waals surface area contributed by atoms with E-state index in [0.29, 0.717) is 23.3 Å². The van der Waals surface area contributed by atoms with E-state index < -0.39 is 5.92 Å².